The number of ketones is 1. The predicted molar refractivity (Wildman–Crippen MR) is 91.5 cm³/mol. The zero-order valence-electron chi connectivity index (χ0n) is 14.4. The van der Waals surface area contributed by atoms with Gasteiger partial charge in [0.1, 0.15) is 11.6 Å². The summed E-state index contributed by atoms with van der Waals surface area (Å²) in [5.74, 6) is 4.48. The van der Waals surface area contributed by atoms with Crippen LogP contribution in [0.1, 0.15) is 64.2 Å². The summed E-state index contributed by atoms with van der Waals surface area (Å²) >= 11 is 1.59. The highest BCUT2D eigenvalue weighted by Gasteiger charge is 2.54. The minimum Gasteiger partial charge on any atom is -0.304 e. The molecule has 126 valence electrons. The number of nitrogens with zero attached hydrogens (tertiary/aromatic N) is 3. The molecule has 4 fully saturated rings. The lowest BCUT2D eigenvalue weighted by Gasteiger charge is -2.56. The van der Waals surface area contributed by atoms with Crippen molar-refractivity contribution in [3.63, 3.8) is 0 Å². The minimum atomic E-state index is 0.0134. The average molecular weight is 334 g/mol. The molecule has 1 aromatic rings. The fourth-order valence-electron chi connectivity index (χ4n) is 5.78. The Kier molecular flexibility index (Phi) is 3.82. The van der Waals surface area contributed by atoms with Crippen LogP contribution in [0.2, 0.25) is 0 Å². The van der Waals surface area contributed by atoms with Gasteiger partial charge in [-0.3, -0.25) is 4.79 Å². The van der Waals surface area contributed by atoms with E-state index in [4.69, 9.17) is 0 Å². The maximum Gasteiger partial charge on any atom is 0.191 e. The molecule has 0 amide bonds. The summed E-state index contributed by atoms with van der Waals surface area (Å²) in [7, 11) is 0. The lowest BCUT2D eigenvalue weighted by Crippen LogP contribution is -2.50. The van der Waals surface area contributed by atoms with Crippen LogP contribution < -0.4 is 0 Å². The average Bonchev–Trinajstić information content (AvgIpc) is 2.84. The van der Waals surface area contributed by atoms with Gasteiger partial charge in [0.25, 0.3) is 0 Å². The van der Waals surface area contributed by atoms with Crippen molar-refractivity contribution in [2.24, 2.45) is 23.2 Å². The fraction of sp³-hybridized carbons (Fsp3) is 0.833. The molecule has 1 heterocycles. The van der Waals surface area contributed by atoms with Crippen molar-refractivity contribution in [1.82, 2.24) is 14.8 Å². The number of Topliss-reactive ketones (excluding diaryl/α,β-unsaturated/α-hetero) is 1. The third-order valence-electron chi connectivity index (χ3n) is 6.31. The molecule has 4 bridgehead atoms. The first-order chi connectivity index (χ1) is 11.0. The standard InChI is InChI=1S/C18H27N3OS/c1-11(2)21-12(3)19-20-17(21)23-10-16(22)18-7-13-4-14(8-18)6-15(5-13)9-18/h11,13-15H,4-10H2,1-3H3. The smallest absolute Gasteiger partial charge is 0.191 e. The van der Waals surface area contributed by atoms with E-state index in [0.717, 1.165) is 48.0 Å². The maximum absolute atomic E-state index is 13.1. The van der Waals surface area contributed by atoms with Gasteiger partial charge in [0.05, 0.1) is 5.75 Å². The number of rotatable bonds is 5. The Labute approximate surface area is 142 Å². The van der Waals surface area contributed by atoms with E-state index in [9.17, 15) is 4.79 Å². The molecular formula is C18H27N3OS. The normalized spacial score (nSPS) is 35.2. The molecular weight excluding hydrogens is 306 g/mol. The van der Waals surface area contributed by atoms with Crippen LogP contribution in [0, 0.1) is 30.1 Å². The Morgan fingerprint density at radius 1 is 1.17 bits per heavy atom. The summed E-state index contributed by atoms with van der Waals surface area (Å²) < 4.78 is 2.14. The van der Waals surface area contributed by atoms with Gasteiger partial charge in [-0.2, -0.15) is 0 Å². The summed E-state index contributed by atoms with van der Waals surface area (Å²) in [4.78, 5) is 13.1. The van der Waals surface area contributed by atoms with Crippen molar-refractivity contribution >= 4 is 17.5 Å². The first kappa shape index (κ1) is 15.7. The number of hydrogen-bond donors (Lipinski definition) is 0. The van der Waals surface area contributed by atoms with Gasteiger partial charge >= 0.3 is 0 Å². The molecule has 4 nitrogen and oxygen atoms in total. The zero-order valence-corrected chi connectivity index (χ0v) is 15.2. The summed E-state index contributed by atoms with van der Waals surface area (Å²) in [6.07, 6.45) is 7.65. The number of thioether (sulfide) groups is 1. The SMILES string of the molecule is Cc1nnc(SCC(=O)C23CC4CC(CC(C4)C2)C3)n1C(C)C. The molecule has 5 rings (SSSR count). The molecule has 0 aromatic carbocycles. The second kappa shape index (κ2) is 5.61. The van der Waals surface area contributed by atoms with Gasteiger partial charge in [0.2, 0.25) is 0 Å². The Morgan fingerprint density at radius 3 is 2.26 bits per heavy atom. The number of carbonyl (C=O) groups is 1. The van der Waals surface area contributed by atoms with Gasteiger partial charge in [0, 0.05) is 11.5 Å². The number of hydrogen-bond acceptors (Lipinski definition) is 4. The van der Waals surface area contributed by atoms with Crippen LogP contribution in [0.15, 0.2) is 5.16 Å². The largest absolute Gasteiger partial charge is 0.304 e. The molecule has 0 aliphatic heterocycles. The molecule has 1 aromatic heterocycles. The zero-order chi connectivity index (χ0) is 16.2. The highest BCUT2D eigenvalue weighted by Crippen LogP contribution is 2.60. The highest BCUT2D eigenvalue weighted by molar-refractivity contribution is 7.99. The number of aromatic nitrogens is 3. The molecule has 0 N–H and O–H groups in total. The molecule has 0 unspecified atom stereocenters. The van der Waals surface area contributed by atoms with E-state index in [0.29, 0.717) is 17.6 Å². The summed E-state index contributed by atoms with van der Waals surface area (Å²) in [5, 5.41) is 9.37. The Bertz CT molecular complexity index is 586. The van der Waals surface area contributed by atoms with Crippen LogP contribution in [-0.4, -0.2) is 26.3 Å². The van der Waals surface area contributed by atoms with Crippen LogP contribution in [0.25, 0.3) is 0 Å². The van der Waals surface area contributed by atoms with Gasteiger partial charge in [-0.15, -0.1) is 10.2 Å². The molecule has 4 aliphatic rings. The molecule has 0 spiro atoms. The second-order valence-electron chi connectivity index (χ2n) is 8.40. The quantitative estimate of drug-likeness (QED) is 0.763. The van der Waals surface area contributed by atoms with E-state index < -0.39 is 0 Å². The van der Waals surface area contributed by atoms with Crippen LogP contribution in [0.3, 0.4) is 0 Å². The second-order valence-corrected chi connectivity index (χ2v) is 9.35. The van der Waals surface area contributed by atoms with Crippen LogP contribution >= 0.6 is 11.8 Å². The number of carbonyl (C=O) groups excluding carboxylic acids is 1. The van der Waals surface area contributed by atoms with Crippen molar-refractivity contribution in [2.75, 3.05) is 5.75 Å². The molecule has 4 saturated carbocycles. The molecule has 4 aliphatic carbocycles. The predicted octanol–water partition coefficient (Wildman–Crippen LogP) is 4.05. The van der Waals surface area contributed by atoms with Crippen molar-refractivity contribution in [3.05, 3.63) is 5.82 Å². The van der Waals surface area contributed by atoms with E-state index >= 15 is 0 Å². The molecule has 0 radical (unpaired) electrons. The van der Waals surface area contributed by atoms with Gasteiger partial charge in [0.15, 0.2) is 5.16 Å². The van der Waals surface area contributed by atoms with Crippen LogP contribution in [0.4, 0.5) is 0 Å². The monoisotopic (exact) mass is 333 g/mol. The van der Waals surface area contributed by atoms with Gasteiger partial charge < -0.3 is 4.57 Å². The van der Waals surface area contributed by atoms with E-state index in [1.165, 1.54) is 19.3 Å². The third-order valence-corrected chi connectivity index (χ3v) is 7.26. The van der Waals surface area contributed by atoms with Crippen molar-refractivity contribution in [1.29, 1.82) is 0 Å². The highest BCUT2D eigenvalue weighted by atomic mass is 32.2. The Morgan fingerprint density at radius 2 is 1.74 bits per heavy atom. The Balaban J connectivity index is 1.47. The molecule has 0 saturated heterocycles. The van der Waals surface area contributed by atoms with Gasteiger partial charge in [-0.1, -0.05) is 11.8 Å². The molecule has 5 heteroatoms. The summed E-state index contributed by atoms with van der Waals surface area (Å²) in [6, 6.07) is 0.335. The summed E-state index contributed by atoms with van der Waals surface area (Å²) in [5.41, 5.74) is 0.0134. The van der Waals surface area contributed by atoms with Gasteiger partial charge in [-0.05, 0) is 77.0 Å². The summed E-state index contributed by atoms with van der Waals surface area (Å²) in [6.45, 7) is 6.26. The van der Waals surface area contributed by atoms with Crippen LogP contribution in [-0.2, 0) is 4.79 Å². The maximum atomic E-state index is 13.1. The molecule has 23 heavy (non-hydrogen) atoms. The number of aryl methyl sites for hydroxylation is 1. The molecule has 0 atom stereocenters. The Hall–Kier alpha value is -0.840. The van der Waals surface area contributed by atoms with Crippen molar-refractivity contribution < 1.29 is 4.79 Å². The van der Waals surface area contributed by atoms with Crippen molar-refractivity contribution in [3.8, 4) is 0 Å². The minimum absolute atomic E-state index is 0.0134. The van der Waals surface area contributed by atoms with Crippen LogP contribution in [0.5, 0.6) is 0 Å². The topological polar surface area (TPSA) is 47.8 Å². The first-order valence-corrected chi connectivity index (χ1v) is 10.0. The van der Waals surface area contributed by atoms with E-state index in [1.807, 2.05) is 6.92 Å². The third kappa shape index (κ3) is 2.65. The first-order valence-electron chi connectivity index (χ1n) is 9.04. The van der Waals surface area contributed by atoms with Gasteiger partial charge in [-0.25, -0.2) is 0 Å². The van der Waals surface area contributed by atoms with E-state index in [2.05, 4.69) is 28.6 Å². The lowest BCUT2D eigenvalue weighted by molar-refractivity contribution is -0.141. The van der Waals surface area contributed by atoms with E-state index in [1.54, 1.807) is 11.8 Å². The van der Waals surface area contributed by atoms with E-state index in [-0.39, 0.29) is 5.41 Å². The van der Waals surface area contributed by atoms with Crippen molar-refractivity contribution in [2.45, 2.75) is 70.5 Å². The fourth-order valence-corrected chi connectivity index (χ4v) is 6.93. The lowest BCUT2D eigenvalue weighted by atomic mass is 9.48.